The number of aliphatic carboxylic acids is 1. The number of alkyl halides is 3. The number of hydrogen-bond donors (Lipinski definition) is 1. The molecule has 2 aromatic carbocycles. The lowest BCUT2D eigenvalue weighted by Crippen LogP contribution is -2.41. The maximum Gasteiger partial charge on any atom is 0.416 e. The Kier molecular flexibility index (Phi) is 5.47. The Morgan fingerprint density at radius 2 is 1.93 bits per heavy atom. The first kappa shape index (κ1) is 20.3. The molecule has 1 saturated heterocycles. The molecule has 156 valence electrons. The number of benzene rings is 2. The van der Waals surface area contributed by atoms with Gasteiger partial charge < -0.3 is 5.11 Å². The number of pyridine rings is 1. The highest BCUT2D eigenvalue weighted by atomic mass is 19.4. The van der Waals surface area contributed by atoms with Crippen LogP contribution in [0.3, 0.4) is 0 Å². The summed E-state index contributed by atoms with van der Waals surface area (Å²) in [6.45, 7) is 0.897. The fraction of sp³-hybridized carbons (Fsp3) is 0.304. The number of halogens is 3. The van der Waals surface area contributed by atoms with Crippen LogP contribution in [0.4, 0.5) is 13.2 Å². The lowest BCUT2D eigenvalue weighted by molar-refractivity contribution is -0.143. The SMILES string of the molecule is O=C(O)C1CCCN(C(c2cccc(C(F)(F)F)c2)c2ccnc3ccccc23)C1. The van der Waals surface area contributed by atoms with Crippen molar-refractivity contribution >= 4 is 16.9 Å². The summed E-state index contributed by atoms with van der Waals surface area (Å²) in [5.41, 5.74) is 1.35. The molecule has 7 heteroatoms. The number of carbonyl (C=O) groups is 1. The molecule has 0 radical (unpaired) electrons. The number of nitrogens with zero attached hydrogens (tertiary/aromatic N) is 2. The van der Waals surface area contributed by atoms with E-state index in [0.29, 0.717) is 24.9 Å². The Morgan fingerprint density at radius 1 is 1.13 bits per heavy atom. The first-order chi connectivity index (χ1) is 14.3. The van der Waals surface area contributed by atoms with Crippen molar-refractivity contribution in [2.75, 3.05) is 13.1 Å². The molecule has 3 aromatic rings. The van der Waals surface area contributed by atoms with E-state index in [4.69, 9.17) is 0 Å². The molecule has 0 aliphatic carbocycles. The van der Waals surface area contributed by atoms with Gasteiger partial charge in [0.1, 0.15) is 0 Å². The molecule has 4 nitrogen and oxygen atoms in total. The Morgan fingerprint density at radius 3 is 2.70 bits per heavy atom. The van der Waals surface area contributed by atoms with Crippen LogP contribution >= 0.6 is 0 Å². The van der Waals surface area contributed by atoms with E-state index in [2.05, 4.69) is 4.98 Å². The van der Waals surface area contributed by atoms with Crippen molar-refractivity contribution in [1.82, 2.24) is 9.88 Å². The predicted octanol–water partition coefficient (Wildman–Crippen LogP) is 5.14. The van der Waals surface area contributed by atoms with Crippen LogP contribution in [0.2, 0.25) is 0 Å². The zero-order chi connectivity index (χ0) is 21.3. The van der Waals surface area contributed by atoms with Crippen LogP contribution in [0.15, 0.2) is 60.8 Å². The monoisotopic (exact) mass is 414 g/mol. The van der Waals surface area contributed by atoms with Crippen LogP contribution in [0.5, 0.6) is 0 Å². The van der Waals surface area contributed by atoms with Crippen molar-refractivity contribution in [2.45, 2.75) is 25.1 Å². The predicted molar refractivity (Wildman–Crippen MR) is 107 cm³/mol. The molecular weight excluding hydrogens is 393 g/mol. The van der Waals surface area contributed by atoms with Crippen molar-refractivity contribution in [2.24, 2.45) is 5.92 Å². The smallest absolute Gasteiger partial charge is 0.416 e. The third-order valence-electron chi connectivity index (χ3n) is 5.67. The molecule has 0 spiro atoms. The van der Waals surface area contributed by atoms with Crippen LogP contribution in [-0.4, -0.2) is 34.0 Å². The van der Waals surface area contributed by atoms with Crippen LogP contribution in [0.25, 0.3) is 10.9 Å². The molecule has 0 saturated carbocycles. The lowest BCUT2D eigenvalue weighted by Gasteiger charge is -2.38. The number of aromatic nitrogens is 1. The molecule has 4 rings (SSSR count). The number of hydrogen-bond acceptors (Lipinski definition) is 3. The van der Waals surface area contributed by atoms with Crippen molar-refractivity contribution in [3.63, 3.8) is 0 Å². The van der Waals surface area contributed by atoms with Gasteiger partial charge >= 0.3 is 12.1 Å². The van der Waals surface area contributed by atoms with E-state index >= 15 is 0 Å². The number of rotatable bonds is 4. The second-order valence-electron chi connectivity index (χ2n) is 7.62. The van der Waals surface area contributed by atoms with E-state index in [-0.39, 0.29) is 6.54 Å². The van der Waals surface area contributed by atoms with Gasteiger partial charge in [0.05, 0.1) is 23.0 Å². The average Bonchev–Trinajstić information content (AvgIpc) is 2.74. The molecule has 1 aromatic heterocycles. The summed E-state index contributed by atoms with van der Waals surface area (Å²) in [6.07, 6.45) is -1.56. The van der Waals surface area contributed by atoms with Gasteiger partial charge in [0.25, 0.3) is 0 Å². The molecule has 0 amide bonds. The van der Waals surface area contributed by atoms with E-state index < -0.39 is 29.7 Å². The molecule has 30 heavy (non-hydrogen) atoms. The van der Waals surface area contributed by atoms with Gasteiger partial charge in [0.2, 0.25) is 0 Å². The topological polar surface area (TPSA) is 53.4 Å². The maximum absolute atomic E-state index is 13.4. The number of likely N-dealkylation sites (tertiary alicyclic amines) is 1. The molecule has 2 atom stereocenters. The number of carboxylic acid groups (broad SMARTS) is 1. The van der Waals surface area contributed by atoms with E-state index in [1.807, 2.05) is 35.2 Å². The van der Waals surface area contributed by atoms with Crippen LogP contribution in [-0.2, 0) is 11.0 Å². The second-order valence-corrected chi connectivity index (χ2v) is 7.62. The minimum Gasteiger partial charge on any atom is -0.481 e. The van der Waals surface area contributed by atoms with E-state index in [1.54, 1.807) is 12.3 Å². The minimum atomic E-state index is -4.45. The van der Waals surface area contributed by atoms with Crippen LogP contribution in [0, 0.1) is 5.92 Å². The van der Waals surface area contributed by atoms with E-state index in [1.165, 1.54) is 12.1 Å². The summed E-state index contributed by atoms with van der Waals surface area (Å²) >= 11 is 0. The summed E-state index contributed by atoms with van der Waals surface area (Å²) in [7, 11) is 0. The highest BCUT2D eigenvalue weighted by Gasteiger charge is 2.35. The highest BCUT2D eigenvalue weighted by molar-refractivity contribution is 5.83. The Hall–Kier alpha value is -2.93. The quantitative estimate of drug-likeness (QED) is 0.642. The third kappa shape index (κ3) is 4.03. The van der Waals surface area contributed by atoms with Gasteiger partial charge in [-0.1, -0.05) is 30.3 Å². The highest BCUT2D eigenvalue weighted by Crippen LogP contribution is 2.38. The molecule has 1 aliphatic heterocycles. The van der Waals surface area contributed by atoms with E-state index in [0.717, 1.165) is 22.5 Å². The van der Waals surface area contributed by atoms with Gasteiger partial charge in [-0.2, -0.15) is 13.2 Å². The molecule has 2 unspecified atom stereocenters. The standard InChI is InChI=1S/C23H21F3N2O2/c24-23(25,26)17-7-3-5-15(13-17)21(28-12-4-6-16(14-28)22(29)30)19-10-11-27-20-9-2-1-8-18(19)20/h1-3,5,7-11,13,16,21H,4,6,12,14H2,(H,29,30). The van der Waals surface area contributed by atoms with Gasteiger partial charge in [-0.25, -0.2) is 0 Å². The maximum atomic E-state index is 13.4. The summed E-state index contributed by atoms with van der Waals surface area (Å²) in [4.78, 5) is 18.0. The summed E-state index contributed by atoms with van der Waals surface area (Å²) in [5, 5.41) is 10.4. The van der Waals surface area contributed by atoms with Gasteiger partial charge in [0, 0.05) is 18.1 Å². The number of carboxylic acids is 1. The third-order valence-corrected chi connectivity index (χ3v) is 5.67. The average molecular weight is 414 g/mol. The zero-order valence-electron chi connectivity index (χ0n) is 16.1. The van der Waals surface area contributed by atoms with Gasteiger partial charge in [-0.3, -0.25) is 14.7 Å². The lowest BCUT2D eigenvalue weighted by atomic mass is 9.89. The van der Waals surface area contributed by atoms with Crippen molar-refractivity contribution in [3.8, 4) is 0 Å². The Balaban J connectivity index is 1.86. The molecule has 1 fully saturated rings. The Labute approximate surface area is 172 Å². The summed E-state index contributed by atoms with van der Waals surface area (Å²) < 4.78 is 40.2. The molecule has 1 aliphatic rings. The summed E-state index contributed by atoms with van der Waals surface area (Å²) in [6, 6.07) is 14.1. The Bertz CT molecular complexity index is 1060. The van der Waals surface area contributed by atoms with E-state index in [9.17, 15) is 23.1 Å². The second kappa shape index (κ2) is 8.07. The molecular formula is C23H21F3N2O2. The largest absolute Gasteiger partial charge is 0.481 e. The number of piperidine rings is 1. The fourth-order valence-corrected chi connectivity index (χ4v) is 4.27. The normalized spacial score (nSPS) is 19.0. The molecule has 0 bridgehead atoms. The van der Waals surface area contributed by atoms with Gasteiger partial charge in [0.15, 0.2) is 0 Å². The van der Waals surface area contributed by atoms with Crippen LogP contribution in [0.1, 0.15) is 35.6 Å². The minimum absolute atomic E-state index is 0.285. The van der Waals surface area contributed by atoms with Crippen LogP contribution < -0.4 is 0 Å². The molecule has 1 N–H and O–H groups in total. The van der Waals surface area contributed by atoms with Gasteiger partial charge in [-0.05, 0) is 54.8 Å². The number of fused-ring (bicyclic) bond motifs is 1. The summed E-state index contributed by atoms with van der Waals surface area (Å²) in [5.74, 6) is -1.41. The van der Waals surface area contributed by atoms with Crippen molar-refractivity contribution in [3.05, 3.63) is 77.5 Å². The molecule has 2 heterocycles. The fourth-order valence-electron chi connectivity index (χ4n) is 4.27. The number of para-hydroxylation sites is 1. The first-order valence-electron chi connectivity index (χ1n) is 9.82. The zero-order valence-corrected chi connectivity index (χ0v) is 16.1. The van der Waals surface area contributed by atoms with Crippen molar-refractivity contribution < 1.29 is 23.1 Å². The van der Waals surface area contributed by atoms with Gasteiger partial charge in [-0.15, -0.1) is 0 Å². The van der Waals surface area contributed by atoms with Crippen molar-refractivity contribution in [1.29, 1.82) is 0 Å². The first-order valence-corrected chi connectivity index (χ1v) is 9.82.